The van der Waals surface area contributed by atoms with Gasteiger partial charge in [-0.1, -0.05) is 14.6 Å². The van der Waals surface area contributed by atoms with Crippen molar-refractivity contribution >= 4 is 25.0 Å². The number of hydrogen-bond donors (Lipinski definition) is 0. The van der Waals surface area contributed by atoms with Gasteiger partial charge in [0.25, 0.3) is 0 Å². The van der Waals surface area contributed by atoms with Crippen LogP contribution < -0.4 is 24.8 Å². The average molecular weight is 366 g/mol. The highest BCUT2D eigenvalue weighted by molar-refractivity contribution is 7.56. The van der Waals surface area contributed by atoms with E-state index in [-0.39, 0.29) is 21.2 Å². The van der Waals surface area contributed by atoms with E-state index in [1.54, 1.807) is 25.3 Å². The molecule has 1 unspecified atom stereocenters. The smallest absolute Gasteiger partial charge is 0.188 e. The maximum absolute atomic E-state index is 13.5. The van der Waals surface area contributed by atoms with Crippen molar-refractivity contribution in [2.24, 2.45) is 0 Å². The van der Waals surface area contributed by atoms with E-state index in [9.17, 15) is 9.18 Å². The van der Waals surface area contributed by atoms with Crippen molar-refractivity contribution in [2.45, 2.75) is 6.92 Å². The van der Waals surface area contributed by atoms with Crippen molar-refractivity contribution in [3.63, 3.8) is 0 Å². The zero-order valence-electron chi connectivity index (χ0n) is 14.5. The molecule has 0 aromatic heterocycles. The maximum Gasteiger partial charge on any atom is 0.188 e. The standard InChI is InChI=1S/C18H20FO5P/c1-11(20)14-7-12(19)5-6-16(14)25-17-9-13(22-3)8-15(23-4)18(17)24-10-21-2/h5-9,25H,10H2,1-4H3. The SMILES string of the molecule is COCOc1c(OC)cc(OC)cc1Pc1ccc(F)cc1C(C)=O. The number of hydrogen-bond acceptors (Lipinski definition) is 5. The van der Waals surface area contributed by atoms with Crippen LogP contribution in [0.15, 0.2) is 30.3 Å². The lowest BCUT2D eigenvalue weighted by molar-refractivity contribution is 0.0499. The number of rotatable bonds is 8. The molecule has 0 heterocycles. The van der Waals surface area contributed by atoms with Crippen LogP contribution in [0.25, 0.3) is 0 Å². The molecule has 1 atom stereocenters. The van der Waals surface area contributed by atoms with Crippen molar-refractivity contribution in [3.05, 3.63) is 41.7 Å². The minimum absolute atomic E-state index is 0.0448. The number of methoxy groups -OCH3 is 3. The van der Waals surface area contributed by atoms with E-state index < -0.39 is 5.82 Å². The number of ketones is 1. The Bertz CT molecular complexity index is 763. The third-order valence-corrected chi connectivity index (χ3v) is 4.78. The molecule has 0 amide bonds. The predicted octanol–water partition coefficient (Wildman–Crippen LogP) is 2.66. The van der Waals surface area contributed by atoms with Gasteiger partial charge in [-0.3, -0.25) is 4.79 Å². The molecule has 2 rings (SSSR count). The summed E-state index contributed by atoms with van der Waals surface area (Å²) in [6.07, 6.45) is 0. The van der Waals surface area contributed by atoms with Gasteiger partial charge >= 0.3 is 0 Å². The van der Waals surface area contributed by atoms with E-state index in [2.05, 4.69) is 0 Å². The summed E-state index contributed by atoms with van der Waals surface area (Å²) >= 11 is 0. The van der Waals surface area contributed by atoms with Crippen LogP contribution in [-0.2, 0) is 4.74 Å². The van der Waals surface area contributed by atoms with Gasteiger partial charge < -0.3 is 18.9 Å². The van der Waals surface area contributed by atoms with Crippen molar-refractivity contribution in [3.8, 4) is 17.2 Å². The Hall–Kier alpha value is -2.17. The lowest BCUT2D eigenvalue weighted by atomic mass is 10.1. The fourth-order valence-corrected chi connectivity index (χ4v) is 3.63. The fourth-order valence-electron chi connectivity index (χ4n) is 2.27. The number of carbonyl (C=O) groups is 1. The molecule has 0 radical (unpaired) electrons. The van der Waals surface area contributed by atoms with E-state index in [4.69, 9.17) is 18.9 Å². The van der Waals surface area contributed by atoms with Gasteiger partial charge in [-0.25, -0.2) is 4.39 Å². The van der Waals surface area contributed by atoms with Gasteiger partial charge in [0.05, 0.1) is 14.2 Å². The molecule has 134 valence electrons. The molecule has 0 aliphatic carbocycles. The topological polar surface area (TPSA) is 54.0 Å². The number of halogens is 1. The first-order chi connectivity index (χ1) is 12.0. The van der Waals surface area contributed by atoms with Crippen LogP contribution in [0, 0.1) is 5.82 Å². The second-order valence-corrected chi connectivity index (χ2v) is 6.46. The van der Waals surface area contributed by atoms with Crippen molar-refractivity contribution < 1.29 is 28.1 Å². The monoisotopic (exact) mass is 366 g/mol. The van der Waals surface area contributed by atoms with Gasteiger partial charge in [0.15, 0.2) is 24.1 Å². The number of Topliss-reactive ketones (excluding diaryl/α,β-unsaturated/α-hetero) is 1. The first-order valence-electron chi connectivity index (χ1n) is 7.45. The molecule has 7 heteroatoms. The van der Waals surface area contributed by atoms with Crippen LogP contribution in [0.1, 0.15) is 17.3 Å². The van der Waals surface area contributed by atoms with Gasteiger partial charge in [0, 0.05) is 24.0 Å². The number of ether oxygens (including phenoxy) is 4. The minimum Gasteiger partial charge on any atom is -0.497 e. The Balaban J connectivity index is 2.52. The molecular weight excluding hydrogens is 346 g/mol. The van der Waals surface area contributed by atoms with Crippen LogP contribution in [0.3, 0.4) is 0 Å². The van der Waals surface area contributed by atoms with E-state index in [1.165, 1.54) is 33.3 Å². The molecule has 0 N–H and O–H groups in total. The lowest BCUT2D eigenvalue weighted by Gasteiger charge is -2.17. The molecule has 2 aromatic rings. The number of benzene rings is 2. The normalized spacial score (nSPS) is 10.9. The van der Waals surface area contributed by atoms with Crippen LogP contribution in [-0.4, -0.2) is 33.9 Å². The van der Waals surface area contributed by atoms with Gasteiger partial charge in [-0.05, 0) is 30.4 Å². The summed E-state index contributed by atoms with van der Waals surface area (Å²) in [5.41, 5.74) is 0.345. The van der Waals surface area contributed by atoms with E-state index in [1.807, 2.05) is 0 Å². The zero-order chi connectivity index (χ0) is 18.4. The Morgan fingerprint density at radius 1 is 1.08 bits per heavy atom. The Kier molecular flexibility index (Phi) is 6.73. The summed E-state index contributed by atoms with van der Waals surface area (Å²) in [5, 5.41) is 1.48. The molecule has 5 nitrogen and oxygen atoms in total. The third-order valence-electron chi connectivity index (χ3n) is 3.44. The molecule has 0 saturated carbocycles. The Morgan fingerprint density at radius 3 is 2.44 bits per heavy atom. The second kappa shape index (κ2) is 8.79. The predicted molar refractivity (Wildman–Crippen MR) is 96.0 cm³/mol. The van der Waals surface area contributed by atoms with Gasteiger partial charge in [-0.15, -0.1) is 0 Å². The van der Waals surface area contributed by atoms with Crippen LogP contribution >= 0.6 is 8.58 Å². The first kappa shape index (κ1) is 19.2. The molecule has 0 saturated heterocycles. The van der Waals surface area contributed by atoms with Gasteiger partial charge in [0.1, 0.15) is 11.6 Å². The zero-order valence-corrected chi connectivity index (χ0v) is 15.5. The number of carbonyl (C=O) groups excluding carboxylic acids is 1. The highest BCUT2D eigenvalue weighted by atomic mass is 31.1. The Labute approximate surface area is 147 Å². The molecule has 0 fully saturated rings. The highest BCUT2D eigenvalue weighted by Crippen LogP contribution is 2.34. The first-order valence-corrected chi connectivity index (χ1v) is 8.45. The van der Waals surface area contributed by atoms with E-state index >= 15 is 0 Å². The van der Waals surface area contributed by atoms with Crippen LogP contribution in [0.2, 0.25) is 0 Å². The summed E-state index contributed by atoms with van der Waals surface area (Å²) in [4.78, 5) is 11.8. The van der Waals surface area contributed by atoms with E-state index in [0.29, 0.717) is 28.1 Å². The van der Waals surface area contributed by atoms with Gasteiger partial charge in [-0.2, -0.15) is 0 Å². The third kappa shape index (κ3) is 4.68. The summed E-state index contributed by atoms with van der Waals surface area (Å²) in [6.45, 7) is 1.46. The summed E-state index contributed by atoms with van der Waals surface area (Å²) < 4.78 is 34.8. The molecule has 0 spiro atoms. The minimum atomic E-state index is -0.446. The van der Waals surface area contributed by atoms with Crippen LogP contribution in [0.5, 0.6) is 17.2 Å². The quantitative estimate of drug-likeness (QED) is 0.408. The van der Waals surface area contributed by atoms with Crippen molar-refractivity contribution in [1.29, 1.82) is 0 Å². The second-order valence-electron chi connectivity index (χ2n) is 5.13. The molecule has 0 bridgehead atoms. The highest BCUT2D eigenvalue weighted by Gasteiger charge is 2.17. The molecule has 0 aliphatic heterocycles. The summed E-state index contributed by atoms with van der Waals surface area (Å²) in [5.74, 6) is 0.942. The fraction of sp³-hybridized carbons (Fsp3) is 0.278. The largest absolute Gasteiger partial charge is 0.497 e. The van der Waals surface area contributed by atoms with Crippen molar-refractivity contribution in [2.75, 3.05) is 28.1 Å². The van der Waals surface area contributed by atoms with Crippen molar-refractivity contribution in [1.82, 2.24) is 0 Å². The summed E-state index contributed by atoms with van der Waals surface area (Å²) in [6, 6.07) is 7.70. The van der Waals surface area contributed by atoms with Gasteiger partial charge in [0.2, 0.25) is 0 Å². The molecule has 2 aromatic carbocycles. The average Bonchev–Trinajstić information content (AvgIpc) is 2.61. The Morgan fingerprint density at radius 2 is 1.84 bits per heavy atom. The maximum atomic E-state index is 13.5. The van der Waals surface area contributed by atoms with E-state index in [0.717, 1.165) is 5.30 Å². The summed E-state index contributed by atoms with van der Waals surface area (Å²) in [7, 11) is 4.65. The molecular formula is C18H20FO5P. The lowest BCUT2D eigenvalue weighted by Crippen LogP contribution is -2.16. The molecule has 0 aliphatic rings. The molecule has 25 heavy (non-hydrogen) atoms. The van der Waals surface area contributed by atoms with Crippen LogP contribution in [0.4, 0.5) is 4.39 Å².